The Bertz CT molecular complexity index is 1060. The Morgan fingerprint density at radius 2 is 1.65 bits per heavy atom. The van der Waals surface area contributed by atoms with Gasteiger partial charge in [0, 0.05) is 54.3 Å². The molecule has 1 atom stereocenters. The number of aryl methyl sites for hydroxylation is 1. The van der Waals surface area contributed by atoms with Crippen LogP contribution in [-0.4, -0.2) is 40.8 Å². The largest absolute Gasteiger partial charge is 0.379 e. The molecule has 132 valence electrons. The third-order valence-electron chi connectivity index (χ3n) is 5.55. The number of H-pyrrole nitrogens is 1. The highest BCUT2D eigenvalue weighted by atomic mass is 16.5. The molecule has 0 spiro atoms. The second-order valence-electron chi connectivity index (χ2n) is 7.05. The minimum atomic E-state index is 0.223. The van der Waals surface area contributed by atoms with Crippen molar-refractivity contribution in [1.29, 1.82) is 0 Å². The predicted octanol–water partition coefficient (Wildman–Crippen LogP) is 4.08. The Kier molecular flexibility index (Phi) is 3.80. The van der Waals surface area contributed by atoms with E-state index in [1.807, 2.05) is 0 Å². The molecule has 4 aromatic rings. The molecule has 1 unspecified atom stereocenters. The van der Waals surface area contributed by atoms with E-state index in [2.05, 4.69) is 82.4 Å². The maximum absolute atomic E-state index is 5.63. The third kappa shape index (κ3) is 2.45. The summed E-state index contributed by atoms with van der Waals surface area (Å²) in [5.41, 5.74) is 5.19. The molecule has 0 bridgehead atoms. The van der Waals surface area contributed by atoms with E-state index in [-0.39, 0.29) is 6.04 Å². The molecule has 4 nitrogen and oxygen atoms in total. The van der Waals surface area contributed by atoms with E-state index in [1.54, 1.807) is 0 Å². The molecule has 26 heavy (non-hydrogen) atoms. The van der Waals surface area contributed by atoms with Crippen molar-refractivity contribution < 1.29 is 4.74 Å². The van der Waals surface area contributed by atoms with Crippen molar-refractivity contribution >= 4 is 21.8 Å². The SMILES string of the molecule is Cn1cc(C(c2c[nH]c3ccccc23)N2CCOCC2)c2ccccc21. The van der Waals surface area contributed by atoms with Gasteiger partial charge in [0.15, 0.2) is 0 Å². The quantitative estimate of drug-likeness (QED) is 0.607. The summed E-state index contributed by atoms with van der Waals surface area (Å²) in [6.45, 7) is 3.49. The van der Waals surface area contributed by atoms with E-state index >= 15 is 0 Å². The monoisotopic (exact) mass is 345 g/mol. The standard InChI is InChI=1S/C22H23N3O/c1-24-15-19(17-7-3-5-9-21(17)24)22(25-10-12-26-13-11-25)18-14-23-20-8-4-2-6-16(18)20/h2-9,14-15,22-23H,10-13H2,1H3. The Labute approximate surface area is 153 Å². The van der Waals surface area contributed by atoms with E-state index in [0.717, 1.165) is 26.3 Å². The van der Waals surface area contributed by atoms with Crippen molar-refractivity contribution in [2.45, 2.75) is 6.04 Å². The fraction of sp³-hybridized carbons (Fsp3) is 0.273. The van der Waals surface area contributed by atoms with Crippen LogP contribution >= 0.6 is 0 Å². The van der Waals surface area contributed by atoms with E-state index in [4.69, 9.17) is 4.74 Å². The number of hydrogen-bond acceptors (Lipinski definition) is 2. The highest BCUT2D eigenvalue weighted by Crippen LogP contribution is 2.38. The fourth-order valence-electron chi connectivity index (χ4n) is 4.31. The summed E-state index contributed by atoms with van der Waals surface area (Å²) in [4.78, 5) is 6.02. The number of nitrogens with zero attached hydrogens (tertiary/aromatic N) is 2. The molecule has 1 aliphatic heterocycles. The van der Waals surface area contributed by atoms with Crippen LogP contribution in [0.3, 0.4) is 0 Å². The summed E-state index contributed by atoms with van der Waals surface area (Å²) >= 11 is 0. The number of fused-ring (bicyclic) bond motifs is 2. The number of hydrogen-bond donors (Lipinski definition) is 1. The maximum atomic E-state index is 5.63. The van der Waals surface area contributed by atoms with Gasteiger partial charge in [-0.2, -0.15) is 0 Å². The average Bonchev–Trinajstić information content (AvgIpc) is 3.26. The lowest BCUT2D eigenvalue weighted by Crippen LogP contribution is -2.39. The van der Waals surface area contributed by atoms with Gasteiger partial charge in [-0.3, -0.25) is 4.90 Å². The average molecular weight is 345 g/mol. The van der Waals surface area contributed by atoms with Gasteiger partial charge < -0.3 is 14.3 Å². The molecule has 0 saturated carbocycles. The zero-order valence-electron chi connectivity index (χ0n) is 15.0. The summed E-state index contributed by atoms with van der Waals surface area (Å²) in [5.74, 6) is 0. The van der Waals surface area contributed by atoms with E-state index in [1.165, 1.54) is 32.9 Å². The lowest BCUT2D eigenvalue weighted by atomic mass is 9.95. The fourth-order valence-corrected chi connectivity index (χ4v) is 4.31. The first-order chi connectivity index (χ1) is 12.8. The van der Waals surface area contributed by atoms with Crippen LogP contribution in [0.2, 0.25) is 0 Å². The summed E-state index contributed by atoms with van der Waals surface area (Å²) in [7, 11) is 2.14. The molecule has 1 fully saturated rings. The molecule has 0 amide bonds. The topological polar surface area (TPSA) is 33.2 Å². The summed E-state index contributed by atoms with van der Waals surface area (Å²) in [5, 5.41) is 2.63. The van der Waals surface area contributed by atoms with Crippen molar-refractivity contribution in [3.05, 3.63) is 72.1 Å². The zero-order valence-corrected chi connectivity index (χ0v) is 15.0. The molecular weight excluding hydrogens is 322 g/mol. The van der Waals surface area contributed by atoms with Crippen LogP contribution in [-0.2, 0) is 11.8 Å². The van der Waals surface area contributed by atoms with Crippen LogP contribution in [0.1, 0.15) is 17.2 Å². The number of nitrogens with one attached hydrogen (secondary N) is 1. The normalized spacial score (nSPS) is 17.1. The van der Waals surface area contributed by atoms with Crippen LogP contribution in [0.4, 0.5) is 0 Å². The van der Waals surface area contributed by atoms with Crippen molar-refractivity contribution in [3.63, 3.8) is 0 Å². The number of benzene rings is 2. The van der Waals surface area contributed by atoms with Crippen molar-refractivity contribution in [2.24, 2.45) is 7.05 Å². The Morgan fingerprint density at radius 1 is 0.923 bits per heavy atom. The minimum absolute atomic E-state index is 0.223. The Balaban J connectivity index is 1.74. The molecule has 1 aliphatic rings. The molecule has 3 heterocycles. The molecule has 5 rings (SSSR count). The summed E-state index contributed by atoms with van der Waals surface area (Å²) < 4.78 is 7.87. The van der Waals surface area contributed by atoms with E-state index in [9.17, 15) is 0 Å². The molecule has 2 aromatic heterocycles. The van der Waals surface area contributed by atoms with Gasteiger partial charge in [0.2, 0.25) is 0 Å². The van der Waals surface area contributed by atoms with Crippen molar-refractivity contribution in [2.75, 3.05) is 26.3 Å². The first kappa shape index (κ1) is 15.7. The number of para-hydroxylation sites is 2. The van der Waals surface area contributed by atoms with Crippen molar-refractivity contribution in [3.8, 4) is 0 Å². The summed E-state index contributed by atoms with van der Waals surface area (Å²) in [6, 6.07) is 17.5. The number of rotatable bonds is 3. The second kappa shape index (κ2) is 6.31. The van der Waals surface area contributed by atoms with E-state index in [0.29, 0.717) is 0 Å². The highest BCUT2D eigenvalue weighted by Gasteiger charge is 2.28. The highest BCUT2D eigenvalue weighted by molar-refractivity contribution is 5.88. The first-order valence-corrected chi connectivity index (χ1v) is 9.25. The lowest BCUT2D eigenvalue weighted by Gasteiger charge is -2.34. The van der Waals surface area contributed by atoms with Gasteiger partial charge in [0.1, 0.15) is 0 Å². The first-order valence-electron chi connectivity index (χ1n) is 9.25. The van der Waals surface area contributed by atoms with Crippen LogP contribution in [0, 0.1) is 0 Å². The zero-order chi connectivity index (χ0) is 17.5. The van der Waals surface area contributed by atoms with Gasteiger partial charge in [-0.1, -0.05) is 36.4 Å². The van der Waals surface area contributed by atoms with Crippen LogP contribution in [0.15, 0.2) is 60.9 Å². The van der Waals surface area contributed by atoms with Gasteiger partial charge in [-0.15, -0.1) is 0 Å². The minimum Gasteiger partial charge on any atom is -0.379 e. The smallest absolute Gasteiger partial charge is 0.0645 e. The lowest BCUT2D eigenvalue weighted by molar-refractivity contribution is 0.0244. The molecule has 0 aliphatic carbocycles. The number of aromatic nitrogens is 2. The molecular formula is C22H23N3O. The molecule has 1 saturated heterocycles. The van der Waals surface area contributed by atoms with Gasteiger partial charge in [0.25, 0.3) is 0 Å². The molecule has 0 radical (unpaired) electrons. The van der Waals surface area contributed by atoms with Crippen LogP contribution in [0.25, 0.3) is 21.8 Å². The Morgan fingerprint density at radius 3 is 2.50 bits per heavy atom. The molecule has 4 heteroatoms. The number of aromatic amines is 1. The van der Waals surface area contributed by atoms with Gasteiger partial charge in [-0.05, 0) is 23.3 Å². The second-order valence-corrected chi connectivity index (χ2v) is 7.05. The van der Waals surface area contributed by atoms with Gasteiger partial charge in [-0.25, -0.2) is 0 Å². The van der Waals surface area contributed by atoms with Crippen LogP contribution in [0.5, 0.6) is 0 Å². The summed E-state index contributed by atoms with van der Waals surface area (Å²) in [6.07, 6.45) is 4.49. The van der Waals surface area contributed by atoms with Crippen molar-refractivity contribution in [1.82, 2.24) is 14.5 Å². The predicted molar refractivity (Wildman–Crippen MR) is 105 cm³/mol. The number of ether oxygens (including phenoxy) is 1. The maximum Gasteiger partial charge on any atom is 0.0645 e. The van der Waals surface area contributed by atoms with Crippen LogP contribution < -0.4 is 0 Å². The van der Waals surface area contributed by atoms with E-state index < -0.39 is 0 Å². The van der Waals surface area contributed by atoms with Gasteiger partial charge in [0.05, 0.1) is 19.3 Å². The van der Waals surface area contributed by atoms with Gasteiger partial charge >= 0.3 is 0 Å². The molecule has 1 N–H and O–H groups in total. The number of morpholine rings is 1. The third-order valence-corrected chi connectivity index (χ3v) is 5.55. The molecule has 2 aromatic carbocycles. The Hall–Kier alpha value is -2.56.